The van der Waals surface area contributed by atoms with Crippen molar-refractivity contribution < 1.29 is 23.7 Å². The summed E-state index contributed by atoms with van der Waals surface area (Å²) in [7, 11) is 0. The Bertz CT molecular complexity index is 1020. The van der Waals surface area contributed by atoms with Crippen LogP contribution in [0.3, 0.4) is 0 Å². The summed E-state index contributed by atoms with van der Waals surface area (Å²) in [6.45, 7) is 2.53. The van der Waals surface area contributed by atoms with Gasteiger partial charge in [-0.2, -0.15) is 5.26 Å². The van der Waals surface area contributed by atoms with Gasteiger partial charge in [-0.3, -0.25) is 4.79 Å². The third kappa shape index (κ3) is 4.60. The smallest absolute Gasteiger partial charge is 0.229 e. The van der Waals surface area contributed by atoms with Gasteiger partial charge in [-0.25, -0.2) is 4.98 Å². The fraction of sp³-hybridized carbons (Fsp3) is 0.458. The minimum atomic E-state index is -0.267. The summed E-state index contributed by atoms with van der Waals surface area (Å²) < 4.78 is 22.4. The number of ether oxygens (including phenoxy) is 4. The molecule has 0 bridgehead atoms. The zero-order valence-corrected chi connectivity index (χ0v) is 17.7. The Morgan fingerprint density at radius 3 is 2.66 bits per heavy atom. The lowest BCUT2D eigenvalue weighted by molar-refractivity contribution is -0.119. The third-order valence-electron chi connectivity index (χ3n) is 6.08. The zero-order chi connectivity index (χ0) is 21.9. The molecule has 166 valence electrons. The summed E-state index contributed by atoms with van der Waals surface area (Å²) in [6.07, 6.45) is 3.85. The lowest BCUT2D eigenvalue weighted by Crippen LogP contribution is -2.26. The average molecular weight is 435 g/mol. The SMILES string of the molecule is N#Cc1cc(-c2ccnc(NC(=O)[C@@H]3C[C@H]3C3OCCO3)c2)ccc1OC1CCOCC1. The predicted octanol–water partition coefficient (Wildman–Crippen LogP) is 3.13. The fourth-order valence-electron chi connectivity index (χ4n) is 4.21. The number of nitrogens with one attached hydrogen (secondary N) is 1. The van der Waals surface area contributed by atoms with E-state index in [-0.39, 0.29) is 30.1 Å². The van der Waals surface area contributed by atoms with Gasteiger partial charge in [-0.15, -0.1) is 0 Å². The summed E-state index contributed by atoms with van der Waals surface area (Å²) in [5.41, 5.74) is 2.20. The summed E-state index contributed by atoms with van der Waals surface area (Å²) in [5.74, 6) is 0.989. The second-order valence-electron chi connectivity index (χ2n) is 8.29. The van der Waals surface area contributed by atoms with Crippen LogP contribution in [0.2, 0.25) is 0 Å². The van der Waals surface area contributed by atoms with Crippen molar-refractivity contribution in [1.82, 2.24) is 4.98 Å². The number of aromatic nitrogens is 1. The van der Waals surface area contributed by atoms with Crippen molar-refractivity contribution in [3.05, 3.63) is 42.1 Å². The Morgan fingerprint density at radius 2 is 1.88 bits per heavy atom. The Morgan fingerprint density at radius 1 is 1.09 bits per heavy atom. The Hall–Kier alpha value is -2.99. The molecule has 2 aromatic rings. The van der Waals surface area contributed by atoms with Gasteiger partial charge in [0.1, 0.15) is 23.7 Å². The van der Waals surface area contributed by atoms with E-state index in [1.807, 2.05) is 24.3 Å². The average Bonchev–Trinajstić information content (AvgIpc) is 3.45. The molecule has 2 saturated heterocycles. The summed E-state index contributed by atoms with van der Waals surface area (Å²) in [6, 6.07) is 11.5. The topological polar surface area (TPSA) is 103 Å². The highest BCUT2D eigenvalue weighted by molar-refractivity contribution is 5.94. The van der Waals surface area contributed by atoms with E-state index >= 15 is 0 Å². The zero-order valence-electron chi connectivity index (χ0n) is 17.7. The second kappa shape index (κ2) is 9.25. The summed E-state index contributed by atoms with van der Waals surface area (Å²) in [5, 5.41) is 12.5. The lowest BCUT2D eigenvalue weighted by Gasteiger charge is -2.23. The molecule has 8 nitrogen and oxygen atoms in total. The number of nitrogens with zero attached hydrogens (tertiary/aromatic N) is 2. The molecule has 1 saturated carbocycles. The second-order valence-corrected chi connectivity index (χ2v) is 8.29. The van der Waals surface area contributed by atoms with Crippen molar-refractivity contribution in [2.45, 2.75) is 31.7 Å². The molecule has 1 aromatic heterocycles. The molecular formula is C24H25N3O5. The van der Waals surface area contributed by atoms with Crippen molar-refractivity contribution >= 4 is 11.7 Å². The van der Waals surface area contributed by atoms with E-state index in [1.54, 1.807) is 12.3 Å². The van der Waals surface area contributed by atoms with Gasteiger partial charge in [-0.05, 0) is 41.8 Å². The number of carbonyl (C=O) groups excluding carboxylic acids is 1. The van der Waals surface area contributed by atoms with E-state index in [9.17, 15) is 10.1 Å². The number of nitriles is 1. The maximum Gasteiger partial charge on any atom is 0.229 e. The fourth-order valence-corrected chi connectivity index (χ4v) is 4.21. The van der Waals surface area contributed by atoms with Gasteiger partial charge in [-0.1, -0.05) is 6.07 Å². The van der Waals surface area contributed by atoms with E-state index in [0.29, 0.717) is 43.6 Å². The van der Waals surface area contributed by atoms with E-state index in [2.05, 4.69) is 16.4 Å². The predicted molar refractivity (Wildman–Crippen MR) is 115 cm³/mol. The van der Waals surface area contributed by atoms with Crippen molar-refractivity contribution in [3.63, 3.8) is 0 Å². The van der Waals surface area contributed by atoms with Crippen LogP contribution in [-0.4, -0.2) is 49.7 Å². The van der Waals surface area contributed by atoms with Gasteiger partial charge >= 0.3 is 0 Å². The van der Waals surface area contributed by atoms with Crippen molar-refractivity contribution in [3.8, 4) is 22.9 Å². The highest BCUT2D eigenvalue weighted by Gasteiger charge is 2.50. The summed E-state index contributed by atoms with van der Waals surface area (Å²) in [4.78, 5) is 16.9. The van der Waals surface area contributed by atoms with Gasteiger partial charge in [0, 0.05) is 30.9 Å². The number of anilines is 1. The van der Waals surface area contributed by atoms with Crippen LogP contribution in [0.1, 0.15) is 24.8 Å². The molecule has 3 fully saturated rings. The van der Waals surface area contributed by atoms with Crippen LogP contribution in [0.4, 0.5) is 5.82 Å². The van der Waals surface area contributed by atoms with Crippen molar-refractivity contribution in [2.24, 2.45) is 11.8 Å². The molecule has 2 aliphatic heterocycles. The first-order valence-electron chi connectivity index (χ1n) is 11.0. The molecule has 1 amide bonds. The van der Waals surface area contributed by atoms with Crippen LogP contribution >= 0.6 is 0 Å². The normalized spacial score (nSPS) is 23.5. The maximum atomic E-state index is 12.6. The minimum Gasteiger partial charge on any atom is -0.489 e. The molecule has 0 spiro atoms. The highest BCUT2D eigenvalue weighted by atomic mass is 16.7. The molecule has 1 N–H and O–H groups in total. The number of hydrogen-bond acceptors (Lipinski definition) is 7. The van der Waals surface area contributed by atoms with Crippen LogP contribution in [0, 0.1) is 23.2 Å². The van der Waals surface area contributed by atoms with Gasteiger partial charge in [0.05, 0.1) is 32.0 Å². The Balaban J connectivity index is 1.26. The van der Waals surface area contributed by atoms with Crippen molar-refractivity contribution in [1.29, 1.82) is 5.26 Å². The van der Waals surface area contributed by atoms with Crippen LogP contribution in [0.15, 0.2) is 36.5 Å². The van der Waals surface area contributed by atoms with Gasteiger partial charge in [0.15, 0.2) is 6.29 Å². The van der Waals surface area contributed by atoms with Gasteiger partial charge < -0.3 is 24.3 Å². The van der Waals surface area contributed by atoms with E-state index in [4.69, 9.17) is 18.9 Å². The molecule has 1 aromatic carbocycles. The number of carbonyl (C=O) groups is 1. The Kier molecular flexibility index (Phi) is 6.04. The number of amides is 1. The molecule has 0 radical (unpaired) electrons. The van der Waals surface area contributed by atoms with E-state index < -0.39 is 0 Å². The third-order valence-corrected chi connectivity index (χ3v) is 6.08. The Labute approximate surface area is 186 Å². The lowest BCUT2D eigenvalue weighted by atomic mass is 10.0. The highest BCUT2D eigenvalue weighted by Crippen LogP contribution is 2.44. The number of hydrogen-bond donors (Lipinski definition) is 1. The largest absolute Gasteiger partial charge is 0.489 e. The molecular weight excluding hydrogens is 410 g/mol. The quantitative estimate of drug-likeness (QED) is 0.744. The van der Waals surface area contributed by atoms with Gasteiger partial charge in [0.25, 0.3) is 0 Å². The number of rotatable bonds is 6. The van der Waals surface area contributed by atoms with Gasteiger partial charge in [0.2, 0.25) is 5.91 Å². The first-order valence-corrected chi connectivity index (χ1v) is 11.0. The van der Waals surface area contributed by atoms with Crippen molar-refractivity contribution in [2.75, 3.05) is 31.7 Å². The monoisotopic (exact) mass is 435 g/mol. The first kappa shape index (κ1) is 20.9. The molecule has 5 rings (SSSR count). The maximum absolute atomic E-state index is 12.6. The van der Waals surface area contributed by atoms with E-state index in [1.165, 1.54) is 0 Å². The molecule has 0 unspecified atom stereocenters. The van der Waals surface area contributed by atoms with Crippen LogP contribution < -0.4 is 10.1 Å². The first-order chi connectivity index (χ1) is 15.7. The molecule has 32 heavy (non-hydrogen) atoms. The van der Waals surface area contributed by atoms with Crippen LogP contribution in [0.5, 0.6) is 5.75 Å². The van der Waals surface area contributed by atoms with E-state index in [0.717, 1.165) is 30.4 Å². The number of pyridine rings is 1. The molecule has 3 aliphatic rings. The van der Waals surface area contributed by atoms with Crippen LogP contribution in [-0.2, 0) is 19.0 Å². The molecule has 3 heterocycles. The minimum absolute atomic E-state index is 0.0655. The molecule has 8 heteroatoms. The molecule has 1 aliphatic carbocycles. The van der Waals surface area contributed by atoms with Crippen LogP contribution in [0.25, 0.3) is 11.1 Å². The number of benzene rings is 1. The standard InChI is InChI=1S/C24H25N3O5/c25-14-17-11-15(1-2-21(17)32-18-4-7-29-8-5-18)16-3-6-26-22(12-16)27-23(28)19-13-20(19)24-30-9-10-31-24/h1-3,6,11-12,18-20,24H,4-5,7-10,13H2,(H,26,27,28)/t19-,20-/m1/s1. The molecule has 2 atom stereocenters. The summed E-state index contributed by atoms with van der Waals surface area (Å²) >= 11 is 0.